The van der Waals surface area contributed by atoms with Crippen molar-refractivity contribution in [1.82, 2.24) is 5.32 Å². The largest absolute Gasteiger partial charge is 0.493 e. The number of carbonyl (C=O) groups excluding carboxylic acids is 3. The number of hydrogen-bond donors (Lipinski definition) is 1. The molecule has 0 saturated heterocycles. The summed E-state index contributed by atoms with van der Waals surface area (Å²) in [4.78, 5) is 36.8. The van der Waals surface area contributed by atoms with Crippen molar-refractivity contribution in [2.24, 2.45) is 5.92 Å². The van der Waals surface area contributed by atoms with Gasteiger partial charge in [0.1, 0.15) is 11.6 Å². The Labute approximate surface area is 141 Å². The summed E-state index contributed by atoms with van der Waals surface area (Å²) in [5.41, 5.74) is -0.574. The number of amides is 1. The fourth-order valence-electron chi connectivity index (χ4n) is 3.12. The summed E-state index contributed by atoms with van der Waals surface area (Å²) in [6.45, 7) is 3.41. The Kier molecular flexibility index (Phi) is 5.26. The molecule has 6 heteroatoms. The molecule has 1 fully saturated rings. The molecular formula is C18H23NO5. The van der Waals surface area contributed by atoms with Gasteiger partial charge in [-0.3, -0.25) is 14.4 Å². The maximum Gasteiger partial charge on any atom is 0.251 e. The van der Waals surface area contributed by atoms with Crippen LogP contribution in [0.2, 0.25) is 0 Å². The number of methoxy groups -OCH3 is 2. The van der Waals surface area contributed by atoms with Gasteiger partial charge in [-0.2, -0.15) is 0 Å². The third kappa shape index (κ3) is 3.58. The number of nitrogens with one attached hydrogen (secondary N) is 1. The molecule has 1 saturated carbocycles. The lowest BCUT2D eigenvalue weighted by atomic mass is 9.75. The topological polar surface area (TPSA) is 81.7 Å². The monoisotopic (exact) mass is 333 g/mol. The van der Waals surface area contributed by atoms with Crippen molar-refractivity contribution < 1.29 is 23.9 Å². The van der Waals surface area contributed by atoms with Gasteiger partial charge in [0.25, 0.3) is 5.91 Å². The lowest BCUT2D eigenvalue weighted by Gasteiger charge is -2.35. The van der Waals surface area contributed by atoms with Gasteiger partial charge in [-0.15, -0.1) is 0 Å². The van der Waals surface area contributed by atoms with Crippen molar-refractivity contribution in [2.75, 3.05) is 14.2 Å². The van der Waals surface area contributed by atoms with E-state index >= 15 is 0 Å². The second kappa shape index (κ2) is 7.03. The second-order valence-electron chi connectivity index (χ2n) is 6.46. The third-order valence-electron chi connectivity index (χ3n) is 4.29. The minimum absolute atomic E-state index is 0.108. The quantitative estimate of drug-likeness (QED) is 0.835. The van der Waals surface area contributed by atoms with Crippen molar-refractivity contribution in [1.29, 1.82) is 0 Å². The van der Waals surface area contributed by atoms with E-state index in [1.807, 2.05) is 0 Å². The Morgan fingerprint density at radius 1 is 1.08 bits per heavy atom. The maximum atomic E-state index is 12.6. The van der Waals surface area contributed by atoms with E-state index in [1.54, 1.807) is 32.0 Å². The predicted octanol–water partition coefficient (Wildman–Crippen LogP) is 2.15. The number of ketones is 2. The lowest BCUT2D eigenvalue weighted by Crippen LogP contribution is -2.55. The minimum Gasteiger partial charge on any atom is -0.493 e. The van der Waals surface area contributed by atoms with Gasteiger partial charge in [-0.25, -0.2) is 0 Å². The summed E-state index contributed by atoms with van der Waals surface area (Å²) in [5, 5.41) is 2.81. The summed E-state index contributed by atoms with van der Waals surface area (Å²) >= 11 is 0. The molecule has 6 nitrogen and oxygen atoms in total. The first-order chi connectivity index (χ1) is 11.3. The Morgan fingerprint density at radius 3 is 2.21 bits per heavy atom. The number of Topliss-reactive ketones (excluding diaryl/α,β-unsaturated/α-hetero) is 2. The Bertz CT molecular complexity index is 649. The fraction of sp³-hybridized carbons (Fsp3) is 0.500. The van der Waals surface area contributed by atoms with E-state index in [0.717, 1.165) is 0 Å². The van der Waals surface area contributed by atoms with E-state index in [1.165, 1.54) is 14.2 Å². The summed E-state index contributed by atoms with van der Waals surface area (Å²) in [6, 6.07) is 4.81. The number of ether oxygens (including phenoxy) is 2. The molecule has 1 aromatic rings. The first-order valence-corrected chi connectivity index (χ1v) is 7.90. The highest BCUT2D eigenvalue weighted by atomic mass is 16.5. The molecule has 0 bridgehead atoms. The van der Waals surface area contributed by atoms with Crippen LogP contribution in [0, 0.1) is 5.92 Å². The minimum atomic E-state index is -0.946. The molecule has 1 amide bonds. The summed E-state index contributed by atoms with van der Waals surface area (Å²) in [7, 11) is 3.00. The van der Waals surface area contributed by atoms with Gasteiger partial charge >= 0.3 is 0 Å². The van der Waals surface area contributed by atoms with Crippen LogP contribution in [0.1, 0.15) is 43.5 Å². The van der Waals surface area contributed by atoms with E-state index in [0.29, 0.717) is 36.3 Å². The van der Waals surface area contributed by atoms with Crippen molar-refractivity contribution in [3.05, 3.63) is 23.8 Å². The smallest absolute Gasteiger partial charge is 0.251 e. The fourth-order valence-corrected chi connectivity index (χ4v) is 3.12. The molecule has 1 N–H and O–H groups in total. The molecule has 24 heavy (non-hydrogen) atoms. The molecule has 0 atom stereocenters. The molecule has 0 aliphatic heterocycles. The van der Waals surface area contributed by atoms with Crippen LogP contribution < -0.4 is 14.8 Å². The van der Waals surface area contributed by atoms with Crippen molar-refractivity contribution in [3.63, 3.8) is 0 Å². The molecule has 0 heterocycles. The molecule has 0 radical (unpaired) electrons. The second-order valence-corrected chi connectivity index (χ2v) is 6.46. The van der Waals surface area contributed by atoms with Crippen LogP contribution in [0.25, 0.3) is 0 Å². The highest BCUT2D eigenvalue weighted by Crippen LogP contribution is 2.30. The zero-order chi connectivity index (χ0) is 17.9. The highest BCUT2D eigenvalue weighted by molar-refractivity contribution is 6.06. The van der Waals surface area contributed by atoms with Crippen LogP contribution in [0.15, 0.2) is 18.2 Å². The average molecular weight is 333 g/mol. The SMILES string of the molecule is COc1ccc(C(=O)NC(C)(C)C2C(=O)CCCC2=O)cc1OC. The summed E-state index contributed by atoms with van der Waals surface area (Å²) < 4.78 is 10.3. The molecule has 0 spiro atoms. The van der Waals surface area contributed by atoms with Crippen molar-refractivity contribution in [2.45, 2.75) is 38.6 Å². The van der Waals surface area contributed by atoms with Gasteiger partial charge < -0.3 is 14.8 Å². The number of benzene rings is 1. The predicted molar refractivity (Wildman–Crippen MR) is 88.4 cm³/mol. The van der Waals surface area contributed by atoms with E-state index in [-0.39, 0.29) is 17.5 Å². The van der Waals surface area contributed by atoms with Gasteiger partial charge in [0, 0.05) is 18.4 Å². The van der Waals surface area contributed by atoms with E-state index in [2.05, 4.69) is 5.32 Å². The summed E-state index contributed by atoms with van der Waals surface area (Å²) in [6.07, 6.45) is 1.35. The third-order valence-corrected chi connectivity index (χ3v) is 4.29. The standard InChI is InChI=1S/C18H23NO5/c1-18(2,16-12(20)6-5-7-13(16)21)19-17(22)11-8-9-14(23-3)15(10-11)24-4/h8-10,16H,5-7H2,1-4H3,(H,19,22). The van der Waals surface area contributed by atoms with Gasteiger partial charge in [-0.1, -0.05) is 0 Å². The van der Waals surface area contributed by atoms with E-state index in [4.69, 9.17) is 9.47 Å². The van der Waals surface area contributed by atoms with Gasteiger partial charge in [0.05, 0.1) is 25.7 Å². The first kappa shape index (κ1) is 18.0. The Morgan fingerprint density at radius 2 is 1.67 bits per heavy atom. The van der Waals surface area contributed by atoms with Crippen LogP contribution in [0.5, 0.6) is 11.5 Å². The molecule has 2 rings (SSSR count). The molecule has 1 aliphatic rings. The van der Waals surface area contributed by atoms with Crippen LogP contribution in [-0.4, -0.2) is 37.2 Å². The van der Waals surface area contributed by atoms with Crippen LogP contribution in [-0.2, 0) is 9.59 Å². The normalized spacial score (nSPS) is 16.0. The lowest BCUT2D eigenvalue weighted by molar-refractivity contribution is -0.138. The van der Waals surface area contributed by atoms with Gasteiger partial charge in [0.15, 0.2) is 11.5 Å². The molecule has 1 aromatic carbocycles. The molecular weight excluding hydrogens is 310 g/mol. The van der Waals surface area contributed by atoms with Crippen LogP contribution in [0.4, 0.5) is 0 Å². The van der Waals surface area contributed by atoms with Crippen LogP contribution >= 0.6 is 0 Å². The summed E-state index contributed by atoms with van der Waals surface area (Å²) in [5.74, 6) is -0.422. The van der Waals surface area contributed by atoms with Gasteiger partial charge in [0.2, 0.25) is 0 Å². The Balaban J connectivity index is 2.21. The zero-order valence-corrected chi connectivity index (χ0v) is 14.5. The van der Waals surface area contributed by atoms with Gasteiger partial charge in [-0.05, 0) is 38.5 Å². The highest BCUT2D eigenvalue weighted by Gasteiger charge is 2.42. The number of carbonyl (C=O) groups is 3. The molecule has 130 valence electrons. The van der Waals surface area contributed by atoms with Crippen LogP contribution in [0.3, 0.4) is 0 Å². The molecule has 1 aliphatic carbocycles. The first-order valence-electron chi connectivity index (χ1n) is 7.90. The zero-order valence-electron chi connectivity index (χ0n) is 14.5. The number of hydrogen-bond acceptors (Lipinski definition) is 5. The molecule has 0 unspecified atom stereocenters. The average Bonchev–Trinajstić information content (AvgIpc) is 2.53. The van der Waals surface area contributed by atoms with E-state index in [9.17, 15) is 14.4 Å². The van der Waals surface area contributed by atoms with Crippen molar-refractivity contribution in [3.8, 4) is 11.5 Å². The Hall–Kier alpha value is -2.37. The van der Waals surface area contributed by atoms with E-state index < -0.39 is 11.5 Å². The maximum absolute atomic E-state index is 12.6. The molecule has 0 aromatic heterocycles. The number of rotatable bonds is 5. The van der Waals surface area contributed by atoms with Crippen molar-refractivity contribution >= 4 is 17.5 Å².